The zero-order chi connectivity index (χ0) is 33.6. The van der Waals surface area contributed by atoms with Crippen LogP contribution in [0.5, 0.6) is 0 Å². The molecule has 2 saturated heterocycles. The van der Waals surface area contributed by atoms with E-state index in [1.54, 1.807) is 48.0 Å². The minimum Gasteiger partial charge on any atom is -0.467 e. The van der Waals surface area contributed by atoms with Gasteiger partial charge in [-0.2, -0.15) is 0 Å². The van der Waals surface area contributed by atoms with Gasteiger partial charge in [-0.1, -0.05) is 47.1 Å². The van der Waals surface area contributed by atoms with Crippen LogP contribution in [0.15, 0.2) is 34.5 Å². The minimum absolute atomic E-state index is 0.00299. The van der Waals surface area contributed by atoms with Crippen LogP contribution in [0.3, 0.4) is 0 Å². The molecule has 3 rings (SSSR count). The molecule has 1 aromatic rings. The van der Waals surface area contributed by atoms with E-state index in [9.17, 15) is 19.2 Å². The lowest BCUT2D eigenvalue weighted by Gasteiger charge is -2.41. The van der Waals surface area contributed by atoms with Crippen LogP contribution in [0.25, 0.3) is 0 Å². The number of amides is 4. The van der Waals surface area contributed by atoms with Crippen molar-refractivity contribution in [2.24, 2.45) is 11.3 Å². The smallest absolute Gasteiger partial charge is 0.249 e. The molecule has 45 heavy (non-hydrogen) atoms. The Morgan fingerprint density at radius 3 is 2.27 bits per heavy atom. The van der Waals surface area contributed by atoms with E-state index in [-0.39, 0.29) is 47.7 Å². The summed E-state index contributed by atoms with van der Waals surface area (Å²) in [5.41, 5.74) is -0.0351. The lowest BCUT2D eigenvalue weighted by atomic mass is 9.84. The van der Waals surface area contributed by atoms with Crippen LogP contribution in [0.4, 0.5) is 0 Å². The Labute approximate surface area is 270 Å². The van der Waals surface area contributed by atoms with Crippen molar-refractivity contribution in [3.05, 3.63) is 35.8 Å². The maximum Gasteiger partial charge on any atom is 0.249 e. The molecule has 252 valence electrons. The summed E-state index contributed by atoms with van der Waals surface area (Å²) in [7, 11) is 3.47. The fourth-order valence-corrected chi connectivity index (χ4v) is 6.63. The van der Waals surface area contributed by atoms with Crippen molar-refractivity contribution in [1.29, 1.82) is 0 Å². The number of piperidine rings is 1. The van der Waals surface area contributed by atoms with Gasteiger partial charge >= 0.3 is 0 Å². The second kappa shape index (κ2) is 15.4. The normalized spacial score (nSPS) is 21.2. The van der Waals surface area contributed by atoms with Crippen LogP contribution >= 0.6 is 0 Å². The quantitative estimate of drug-likeness (QED) is 0.364. The molecule has 1 aromatic heterocycles. The van der Waals surface area contributed by atoms with Gasteiger partial charge in [-0.15, -0.1) is 0 Å². The molecule has 0 aromatic carbocycles. The van der Waals surface area contributed by atoms with E-state index in [1.165, 1.54) is 0 Å². The molecule has 2 aliphatic rings. The first-order valence-electron chi connectivity index (χ1n) is 16.6. The Morgan fingerprint density at radius 2 is 1.69 bits per heavy atom. The topological polar surface area (TPSA) is 106 Å². The van der Waals surface area contributed by atoms with Crippen molar-refractivity contribution in [2.45, 2.75) is 124 Å². The first-order chi connectivity index (χ1) is 21.0. The third-order valence-electron chi connectivity index (χ3n) is 9.29. The summed E-state index contributed by atoms with van der Waals surface area (Å²) < 4.78 is 5.40. The first-order valence-corrected chi connectivity index (χ1v) is 16.6. The van der Waals surface area contributed by atoms with E-state index in [4.69, 9.17) is 4.42 Å². The van der Waals surface area contributed by atoms with Crippen molar-refractivity contribution in [3.8, 4) is 0 Å². The highest BCUT2D eigenvalue weighted by atomic mass is 16.3. The van der Waals surface area contributed by atoms with Crippen LogP contribution in [0.1, 0.15) is 93.3 Å². The predicted molar refractivity (Wildman–Crippen MR) is 176 cm³/mol. The van der Waals surface area contributed by atoms with E-state index in [0.717, 1.165) is 32.2 Å². The average Bonchev–Trinajstić information content (AvgIpc) is 3.68. The Balaban J connectivity index is 1.77. The zero-order valence-corrected chi connectivity index (χ0v) is 29.3. The fourth-order valence-electron chi connectivity index (χ4n) is 6.63. The molecule has 0 radical (unpaired) electrons. The van der Waals surface area contributed by atoms with Gasteiger partial charge in [-0.25, -0.2) is 0 Å². The van der Waals surface area contributed by atoms with Crippen LogP contribution < -0.4 is 5.32 Å². The molecule has 2 aliphatic heterocycles. The molecule has 2 fully saturated rings. The van der Waals surface area contributed by atoms with Crippen molar-refractivity contribution >= 4 is 23.6 Å². The van der Waals surface area contributed by atoms with E-state index in [0.29, 0.717) is 30.8 Å². The number of nitrogens with one attached hydrogen (secondary N) is 1. The Hall–Kier alpha value is -3.14. The Morgan fingerprint density at radius 1 is 1.02 bits per heavy atom. The monoisotopic (exact) mass is 627 g/mol. The summed E-state index contributed by atoms with van der Waals surface area (Å²) >= 11 is 0. The van der Waals surface area contributed by atoms with Gasteiger partial charge in [0.1, 0.15) is 17.8 Å². The summed E-state index contributed by atoms with van der Waals surface area (Å²) in [6.45, 7) is 17.6. The van der Waals surface area contributed by atoms with E-state index < -0.39 is 17.5 Å². The Kier molecular flexibility index (Phi) is 12.5. The number of nitrogens with zero attached hydrogens (tertiary/aromatic N) is 4. The zero-order valence-electron chi connectivity index (χ0n) is 29.3. The first kappa shape index (κ1) is 36.3. The second-order valence-corrected chi connectivity index (χ2v) is 14.6. The number of rotatable bonds is 11. The second-order valence-electron chi connectivity index (χ2n) is 14.6. The highest BCUT2D eigenvalue weighted by Gasteiger charge is 2.41. The molecular weight excluding hydrogens is 570 g/mol. The van der Waals surface area contributed by atoms with Gasteiger partial charge in [0.05, 0.1) is 24.9 Å². The molecule has 1 N–H and O–H groups in total. The van der Waals surface area contributed by atoms with E-state index in [2.05, 4.69) is 24.1 Å². The van der Waals surface area contributed by atoms with Gasteiger partial charge in [-0.05, 0) is 76.5 Å². The SMILES string of the molecule is C/C(=C\[C@H](C(C)C)N(C)C(=O)[C@@H](NC(=O)[C@H]1CCCCN1C(C)C)C(C)(C)C)C(=O)N1CCC[C@H]1C(=O)N(C)Cc1ccco1. The summed E-state index contributed by atoms with van der Waals surface area (Å²) in [5, 5.41) is 3.13. The predicted octanol–water partition coefficient (Wildman–Crippen LogP) is 4.45. The summed E-state index contributed by atoms with van der Waals surface area (Å²) in [6, 6.07) is 1.94. The minimum atomic E-state index is -0.734. The average molecular weight is 628 g/mol. The van der Waals surface area contributed by atoms with Crippen LogP contribution in [-0.4, -0.2) is 101 Å². The van der Waals surface area contributed by atoms with Crippen molar-refractivity contribution in [3.63, 3.8) is 0 Å². The highest BCUT2D eigenvalue weighted by molar-refractivity contribution is 5.97. The molecule has 0 saturated carbocycles. The number of hydrogen-bond acceptors (Lipinski definition) is 6. The van der Waals surface area contributed by atoms with Crippen LogP contribution in [0, 0.1) is 11.3 Å². The lowest BCUT2D eigenvalue weighted by molar-refractivity contribution is -0.142. The summed E-state index contributed by atoms with van der Waals surface area (Å²) in [6.07, 6.45) is 7.62. The largest absolute Gasteiger partial charge is 0.467 e. The fraction of sp³-hybridized carbons (Fsp3) is 0.714. The van der Waals surface area contributed by atoms with Crippen LogP contribution in [0.2, 0.25) is 0 Å². The number of carbonyl (C=O) groups is 4. The third kappa shape index (κ3) is 8.99. The number of likely N-dealkylation sites (N-methyl/N-ethyl adjacent to an activating group) is 2. The molecule has 0 aliphatic carbocycles. The number of hydrogen-bond donors (Lipinski definition) is 1. The van der Waals surface area contributed by atoms with Crippen molar-refractivity contribution in [2.75, 3.05) is 27.2 Å². The maximum atomic E-state index is 14.1. The van der Waals surface area contributed by atoms with E-state index in [1.807, 2.05) is 46.8 Å². The number of carbonyl (C=O) groups excluding carboxylic acids is 4. The molecule has 3 heterocycles. The summed E-state index contributed by atoms with van der Waals surface area (Å²) in [5.74, 6) is 0.0850. The molecule has 10 heteroatoms. The van der Waals surface area contributed by atoms with Gasteiger partial charge in [0.15, 0.2) is 0 Å². The summed E-state index contributed by atoms with van der Waals surface area (Å²) in [4.78, 5) is 62.0. The lowest BCUT2D eigenvalue weighted by Crippen LogP contribution is -2.60. The van der Waals surface area contributed by atoms with Crippen molar-refractivity contribution < 1.29 is 23.6 Å². The standard InChI is InChI=1S/C35H57N5O5/c1-23(2)29(21-25(5)32(42)40-19-13-17-28(40)33(43)37(9)22-26-15-14-20-45-26)38(10)34(44)30(35(6,7)8)36-31(41)27-16-11-12-18-39(27)24(3)4/h14-15,20-21,23-24,27-30H,11-13,16-19,22H2,1-10H3,(H,36,41)/b25-21+/t27-,28+,29-,30-/m1/s1. The number of likely N-dealkylation sites (tertiary alicyclic amines) is 2. The van der Waals surface area contributed by atoms with Gasteiger partial charge in [-0.3, -0.25) is 24.1 Å². The van der Waals surface area contributed by atoms with Gasteiger partial charge in [0.25, 0.3) is 0 Å². The molecule has 10 nitrogen and oxygen atoms in total. The molecular formula is C35H57N5O5. The molecule has 4 amide bonds. The number of furan rings is 1. The maximum absolute atomic E-state index is 14.1. The molecule has 4 atom stereocenters. The van der Waals surface area contributed by atoms with Gasteiger partial charge in [0.2, 0.25) is 23.6 Å². The van der Waals surface area contributed by atoms with E-state index >= 15 is 0 Å². The van der Waals surface area contributed by atoms with Gasteiger partial charge < -0.3 is 24.4 Å². The Bertz CT molecular complexity index is 1200. The molecule has 0 unspecified atom stereocenters. The molecule has 0 bridgehead atoms. The van der Waals surface area contributed by atoms with Gasteiger partial charge in [0, 0.05) is 32.3 Å². The van der Waals surface area contributed by atoms with Crippen molar-refractivity contribution in [1.82, 2.24) is 24.9 Å². The highest BCUT2D eigenvalue weighted by Crippen LogP contribution is 2.27. The third-order valence-corrected chi connectivity index (χ3v) is 9.29. The van der Waals surface area contributed by atoms with Crippen LogP contribution in [-0.2, 0) is 25.7 Å². The molecule has 0 spiro atoms.